The van der Waals surface area contributed by atoms with Crippen LogP contribution in [0.3, 0.4) is 0 Å². The van der Waals surface area contributed by atoms with Crippen molar-refractivity contribution in [1.82, 2.24) is 40.1 Å². The molecule has 4 N–H and O–H groups in total. The van der Waals surface area contributed by atoms with E-state index in [2.05, 4.69) is 30.7 Å². The van der Waals surface area contributed by atoms with E-state index in [1.54, 1.807) is 16.0 Å². The first-order valence-electron chi connectivity index (χ1n) is 12.6. The Morgan fingerprint density at radius 1 is 1.24 bits per heavy atom. The van der Waals surface area contributed by atoms with E-state index in [-0.39, 0.29) is 23.5 Å². The van der Waals surface area contributed by atoms with Crippen molar-refractivity contribution in [1.29, 1.82) is 0 Å². The second-order valence-electron chi connectivity index (χ2n) is 9.70. The predicted octanol–water partition coefficient (Wildman–Crippen LogP) is 0.845. The minimum absolute atomic E-state index is 0.0798. The molecule has 6 rings (SSSR count). The van der Waals surface area contributed by atoms with Crippen LogP contribution in [0.5, 0.6) is 0 Å². The number of aliphatic hydroxyl groups is 3. The molecule has 1 aromatic carbocycles. The third-order valence-corrected chi connectivity index (χ3v) is 8.12. The van der Waals surface area contributed by atoms with Crippen LogP contribution in [-0.2, 0) is 4.74 Å². The lowest BCUT2D eigenvalue weighted by Gasteiger charge is -2.41. The number of carbonyl (C=O) groups excluding carboxylic acids is 1. The Bertz CT molecular complexity index is 1450. The maximum absolute atomic E-state index is 12.7. The molecule has 200 valence electrons. The smallest absolute Gasteiger partial charge is 0.273 e. The summed E-state index contributed by atoms with van der Waals surface area (Å²) < 4.78 is 9.70. The summed E-state index contributed by atoms with van der Waals surface area (Å²) in [6, 6.07) is 4.69. The van der Waals surface area contributed by atoms with Crippen LogP contribution in [0.15, 0.2) is 30.7 Å². The van der Waals surface area contributed by atoms with E-state index >= 15 is 0 Å². The van der Waals surface area contributed by atoms with Crippen molar-refractivity contribution in [3.05, 3.63) is 47.2 Å². The lowest BCUT2D eigenvalue weighted by atomic mass is 9.92. The second-order valence-corrected chi connectivity index (χ2v) is 10.9. The van der Waals surface area contributed by atoms with Gasteiger partial charge in [-0.15, -0.1) is 16.4 Å². The molecule has 0 unspecified atom stereocenters. The van der Waals surface area contributed by atoms with Gasteiger partial charge in [0, 0.05) is 6.04 Å². The summed E-state index contributed by atoms with van der Waals surface area (Å²) in [5.74, 6) is -0.0735. The number of amides is 1. The van der Waals surface area contributed by atoms with E-state index in [1.165, 1.54) is 17.2 Å². The minimum Gasteiger partial charge on any atom is -0.394 e. The van der Waals surface area contributed by atoms with Crippen LogP contribution in [0.4, 0.5) is 0 Å². The zero-order valence-electron chi connectivity index (χ0n) is 20.6. The largest absolute Gasteiger partial charge is 0.394 e. The molecule has 4 aromatic rings. The molecule has 0 spiro atoms. The molecule has 5 atom stereocenters. The summed E-state index contributed by atoms with van der Waals surface area (Å²) in [7, 11) is 0. The van der Waals surface area contributed by atoms with Crippen molar-refractivity contribution in [2.24, 2.45) is 0 Å². The average molecular weight is 541 g/mol. The van der Waals surface area contributed by atoms with Gasteiger partial charge in [-0.1, -0.05) is 18.1 Å². The summed E-state index contributed by atoms with van der Waals surface area (Å²) in [6.45, 7) is 1.43. The van der Waals surface area contributed by atoms with E-state index in [1.807, 2.05) is 25.1 Å². The van der Waals surface area contributed by atoms with Crippen LogP contribution in [0, 0.1) is 6.92 Å². The topological polar surface area (TPSA) is 173 Å². The molecule has 1 saturated heterocycles. The molecule has 1 amide bonds. The van der Waals surface area contributed by atoms with Crippen LogP contribution >= 0.6 is 11.3 Å². The number of nitrogens with one attached hydrogen (secondary N) is 1. The monoisotopic (exact) mass is 540 g/mol. The van der Waals surface area contributed by atoms with Gasteiger partial charge in [0.15, 0.2) is 11.5 Å². The maximum atomic E-state index is 12.7. The van der Waals surface area contributed by atoms with Crippen LogP contribution in [0.2, 0.25) is 0 Å². The van der Waals surface area contributed by atoms with E-state index in [0.717, 1.165) is 40.9 Å². The summed E-state index contributed by atoms with van der Waals surface area (Å²) >= 11 is 1.55. The Labute approximate surface area is 221 Å². The van der Waals surface area contributed by atoms with Crippen molar-refractivity contribution in [2.45, 2.75) is 69.1 Å². The fourth-order valence-electron chi connectivity index (χ4n) is 5.29. The molecular formula is C24H28N8O5S. The number of aryl methyl sites for hydroxylation is 1. The highest BCUT2D eigenvalue weighted by Crippen LogP contribution is 2.38. The Morgan fingerprint density at radius 2 is 2.05 bits per heavy atom. The number of aromatic nitrogens is 7. The van der Waals surface area contributed by atoms with Crippen LogP contribution in [-0.4, -0.2) is 86.9 Å². The number of aliphatic hydroxyl groups excluding tert-OH is 3. The van der Waals surface area contributed by atoms with Crippen molar-refractivity contribution < 1.29 is 24.9 Å². The van der Waals surface area contributed by atoms with Crippen LogP contribution in [0.25, 0.3) is 15.9 Å². The summed E-state index contributed by atoms with van der Waals surface area (Å²) in [5.41, 5.74) is 1.64. The highest BCUT2D eigenvalue weighted by molar-refractivity contribution is 7.18. The Balaban J connectivity index is 1.30. The molecule has 0 bridgehead atoms. The van der Waals surface area contributed by atoms with Crippen LogP contribution < -0.4 is 5.32 Å². The van der Waals surface area contributed by atoms with Crippen molar-refractivity contribution in [2.75, 3.05) is 6.61 Å². The first kappa shape index (κ1) is 25.0. The van der Waals surface area contributed by atoms with Crippen molar-refractivity contribution >= 4 is 27.5 Å². The molecule has 0 radical (unpaired) electrons. The van der Waals surface area contributed by atoms with Crippen molar-refractivity contribution in [3.8, 4) is 5.69 Å². The predicted molar refractivity (Wildman–Crippen MR) is 135 cm³/mol. The standard InChI is InChI=1S/C24H28N8O5S/c1-12-27-15-7-6-14(8-18(15)38-12)32-23(25-11-26-32)22-21(35)19(20(34)17(10-33)37-22)31-9-16(29-30-31)24(36)28-13-4-2-3-5-13/h6-9,11,13,17,19-22,33-35H,2-5,10H2,1H3,(H,28,36)/t17-,19+,20+,21-,22-/m1/s1. The molecule has 14 heteroatoms. The summed E-state index contributed by atoms with van der Waals surface area (Å²) in [5, 5.41) is 48.6. The number of rotatable bonds is 6. The van der Waals surface area contributed by atoms with Gasteiger partial charge in [0.2, 0.25) is 0 Å². The Hall–Kier alpha value is -3.30. The number of benzene rings is 1. The molecule has 3 aromatic heterocycles. The molecule has 2 aliphatic rings. The molecule has 2 fully saturated rings. The van der Waals surface area contributed by atoms with Gasteiger partial charge in [-0.2, -0.15) is 5.10 Å². The summed E-state index contributed by atoms with van der Waals surface area (Å²) in [4.78, 5) is 21.5. The number of hydrogen-bond donors (Lipinski definition) is 4. The normalized spacial score (nSPS) is 26.3. The SMILES string of the molecule is Cc1nc2ccc(-n3ncnc3[C@@H]3O[C@H](CO)[C@H](O)[C@H](n4cc(C(=O)NC5CCCC5)nn4)[C@H]3O)cc2s1. The molecule has 1 aliphatic heterocycles. The number of hydrogen-bond acceptors (Lipinski definition) is 11. The zero-order valence-corrected chi connectivity index (χ0v) is 21.4. The van der Waals surface area contributed by atoms with Gasteiger partial charge < -0.3 is 25.4 Å². The number of fused-ring (bicyclic) bond motifs is 1. The van der Waals surface area contributed by atoms with Gasteiger partial charge in [0.25, 0.3) is 5.91 Å². The lowest BCUT2D eigenvalue weighted by Crippen LogP contribution is -2.53. The Morgan fingerprint density at radius 3 is 2.84 bits per heavy atom. The third-order valence-electron chi connectivity index (χ3n) is 7.18. The van der Waals surface area contributed by atoms with Crippen molar-refractivity contribution in [3.63, 3.8) is 0 Å². The van der Waals surface area contributed by atoms with Gasteiger partial charge in [-0.05, 0) is 38.0 Å². The first-order valence-corrected chi connectivity index (χ1v) is 13.4. The van der Waals surface area contributed by atoms with E-state index in [0.29, 0.717) is 5.69 Å². The summed E-state index contributed by atoms with van der Waals surface area (Å²) in [6.07, 6.45) is 1.94. The average Bonchev–Trinajstić information content (AvgIpc) is 3.70. The zero-order chi connectivity index (χ0) is 26.4. The second kappa shape index (κ2) is 10.1. The van der Waals surface area contributed by atoms with Gasteiger partial charge in [0.05, 0.1) is 33.7 Å². The number of carbonyl (C=O) groups is 1. The van der Waals surface area contributed by atoms with Gasteiger partial charge in [0.1, 0.15) is 36.8 Å². The molecular weight excluding hydrogens is 512 g/mol. The van der Waals surface area contributed by atoms with E-state index in [9.17, 15) is 20.1 Å². The van der Waals surface area contributed by atoms with E-state index in [4.69, 9.17) is 4.74 Å². The molecule has 1 aliphatic carbocycles. The molecule has 1 saturated carbocycles. The quantitative estimate of drug-likeness (QED) is 0.274. The Kier molecular flexibility index (Phi) is 6.65. The van der Waals surface area contributed by atoms with E-state index < -0.39 is 37.1 Å². The first-order chi connectivity index (χ1) is 18.4. The number of ether oxygens (including phenoxy) is 1. The van der Waals surface area contributed by atoms with Gasteiger partial charge in [-0.3, -0.25) is 4.79 Å². The van der Waals surface area contributed by atoms with Crippen LogP contribution in [0.1, 0.15) is 59.1 Å². The molecule has 4 heterocycles. The fraction of sp³-hybridized carbons (Fsp3) is 0.500. The van der Waals surface area contributed by atoms with Gasteiger partial charge in [-0.25, -0.2) is 19.3 Å². The highest BCUT2D eigenvalue weighted by atomic mass is 32.1. The molecule has 13 nitrogen and oxygen atoms in total. The number of nitrogens with zero attached hydrogens (tertiary/aromatic N) is 7. The molecule has 38 heavy (non-hydrogen) atoms. The highest BCUT2D eigenvalue weighted by Gasteiger charge is 2.48. The minimum atomic E-state index is -1.35. The van der Waals surface area contributed by atoms with Gasteiger partial charge >= 0.3 is 0 Å². The fourth-order valence-corrected chi connectivity index (χ4v) is 6.15. The lowest BCUT2D eigenvalue weighted by molar-refractivity contribution is -0.210. The number of thiazole rings is 1. The maximum Gasteiger partial charge on any atom is 0.273 e. The third kappa shape index (κ3) is 4.47.